The highest BCUT2D eigenvalue weighted by molar-refractivity contribution is 5.94. The molecule has 2 N–H and O–H groups in total. The Morgan fingerprint density at radius 3 is 2.61 bits per heavy atom. The van der Waals surface area contributed by atoms with Crippen LogP contribution >= 0.6 is 0 Å². The predicted molar refractivity (Wildman–Crippen MR) is 98.3 cm³/mol. The molecule has 3 atom stereocenters. The van der Waals surface area contributed by atoms with E-state index in [-0.39, 0.29) is 28.2 Å². The van der Waals surface area contributed by atoms with Gasteiger partial charge < -0.3 is 14.9 Å². The van der Waals surface area contributed by atoms with Gasteiger partial charge in [-0.15, -0.1) is 0 Å². The molecule has 8 nitrogen and oxygen atoms in total. The molecule has 0 bridgehead atoms. The standard InChI is InChI=1S/C19H20F4N4O4/c1-10(9-27(18(29)30)7-3-4-11(27)2)24-16(28)12-5-6-13(14(20)8-12)15-25-17(31-26-15)19(21,22)23/h5-6,8,10-11H,3-4,7,9H2,1-2H3,(H-,24,28,29,30)/p+1/t10-,11+,27?/m1/s1. The topological polar surface area (TPSA) is 105 Å². The first-order valence-electron chi connectivity index (χ1n) is 9.56. The first-order valence-corrected chi connectivity index (χ1v) is 9.56. The van der Waals surface area contributed by atoms with Crippen molar-refractivity contribution in [1.82, 2.24) is 15.5 Å². The summed E-state index contributed by atoms with van der Waals surface area (Å²) >= 11 is 0. The van der Waals surface area contributed by atoms with E-state index in [1.54, 1.807) is 6.92 Å². The summed E-state index contributed by atoms with van der Waals surface area (Å²) in [6, 6.07) is 2.53. The zero-order valence-corrected chi connectivity index (χ0v) is 16.7. The van der Waals surface area contributed by atoms with Crippen LogP contribution in [0.25, 0.3) is 11.4 Å². The quantitative estimate of drug-likeness (QED) is 0.537. The van der Waals surface area contributed by atoms with E-state index < -0.39 is 41.8 Å². The second kappa shape index (κ2) is 8.25. The normalized spacial score (nSPS) is 22.3. The molecule has 1 fully saturated rings. The molecule has 168 valence electrons. The van der Waals surface area contributed by atoms with Crippen molar-refractivity contribution >= 4 is 12.0 Å². The Morgan fingerprint density at radius 1 is 1.39 bits per heavy atom. The van der Waals surface area contributed by atoms with Gasteiger partial charge in [-0.1, -0.05) is 5.16 Å². The molecule has 1 saturated heterocycles. The number of amides is 2. The molecule has 0 aliphatic carbocycles. The number of nitrogens with one attached hydrogen (secondary N) is 1. The Kier molecular flexibility index (Phi) is 6.03. The van der Waals surface area contributed by atoms with Gasteiger partial charge in [-0.25, -0.2) is 8.87 Å². The largest absolute Gasteiger partial charge is 0.513 e. The third-order valence-corrected chi connectivity index (χ3v) is 5.52. The molecule has 2 aromatic rings. The molecule has 1 unspecified atom stereocenters. The van der Waals surface area contributed by atoms with E-state index in [1.165, 1.54) is 6.07 Å². The number of quaternary nitrogens is 1. The summed E-state index contributed by atoms with van der Waals surface area (Å²) in [7, 11) is 0. The zero-order valence-electron chi connectivity index (χ0n) is 16.7. The van der Waals surface area contributed by atoms with Crippen LogP contribution in [0.3, 0.4) is 0 Å². The summed E-state index contributed by atoms with van der Waals surface area (Å²) in [5.41, 5.74) is -0.436. The number of hydrogen-bond donors (Lipinski definition) is 2. The summed E-state index contributed by atoms with van der Waals surface area (Å²) in [6.45, 7) is 4.15. The fourth-order valence-electron chi connectivity index (χ4n) is 3.90. The minimum atomic E-state index is -4.86. The van der Waals surface area contributed by atoms with Crippen molar-refractivity contribution in [3.8, 4) is 11.4 Å². The number of carbonyl (C=O) groups is 2. The summed E-state index contributed by atoms with van der Waals surface area (Å²) in [6.07, 6.45) is -4.28. The third kappa shape index (κ3) is 4.53. The Bertz CT molecular complexity index is 994. The van der Waals surface area contributed by atoms with Crippen LogP contribution in [0.2, 0.25) is 0 Å². The molecular formula is C19H21F4N4O4+. The van der Waals surface area contributed by atoms with Crippen LogP contribution in [0, 0.1) is 5.82 Å². The number of halogens is 4. The fraction of sp³-hybridized carbons (Fsp3) is 0.474. The van der Waals surface area contributed by atoms with E-state index in [0.29, 0.717) is 6.54 Å². The molecule has 1 aliphatic rings. The van der Waals surface area contributed by atoms with Gasteiger partial charge in [0.05, 0.1) is 24.2 Å². The van der Waals surface area contributed by atoms with Crippen LogP contribution in [0.1, 0.15) is 42.9 Å². The van der Waals surface area contributed by atoms with Gasteiger partial charge in [-0.2, -0.15) is 22.9 Å². The monoisotopic (exact) mass is 445 g/mol. The second-order valence-corrected chi connectivity index (χ2v) is 7.70. The van der Waals surface area contributed by atoms with Gasteiger partial charge in [0.15, 0.2) is 0 Å². The van der Waals surface area contributed by atoms with Crippen LogP contribution in [-0.4, -0.2) is 56.9 Å². The number of carboxylic acid groups (broad SMARTS) is 1. The van der Waals surface area contributed by atoms with Crippen LogP contribution in [0.4, 0.5) is 22.4 Å². The number of benzene rings is 1. The van der Waals surface area contributed by atoms with E-state index in [1.807, 2.05) is 6.92 Å². The molecule has 0 saturated carbocycles. The van der Waals surface area contributed by atoms with E-state index in [9.17, 15) is 32.3 Å². The second-order valence-electron chi connectivity index (χ2n) is 7.70. The minimum Gasteiger partial charge on any atom is -0.435 e. The Hall–Kier alpha value is -3.02. The summed E-state index contributed by atoms with van der Waals surface area (Å²) in [5.74, 6) is -3.85. The molecule has 12 heteroatoms. The van der Waals surface area contributed by atoms with Gasteiger partial charge in [-0.05, 0) is 32.0 Å². The Balaban J connectivity index is 1.72. The number of nitrogens with zero attached hydrogens (tertiary/aromatic N) is 3. The first-order chi connectivity index (χ1) is 14.4. The van der Waals surface area contributed by atoms with Gasteiger partial charge in [0, 0.05) is 18.4 Å². The van der Waals surface area contributed by atoms with E-state index in [4.69, 9.17) is 0 Å². The maximum Gasteiger partial charge on any atom is 0.513 e. The maximum absolute atomic E-state index is 14.4. The minimum absolute atomic E-state index is 0.0796. The lowest BCUT2D eigenvalue weighted by Crippen LogP contribution is -2.59. The zero-order chi connectivity index (χ0) is 23.0. The third-order valence-electron chi connectivity index (χ3n) is 5.52. The fourth-order valence-corrected chi connectivity index (χ4v) is 3.90. The van der Waals surface area contributed by atoms with Crippen molar-refractivity contribution in [2.75, 3.05) is 13.1 Å². The smallest absolute Gasteiger partial charge is 0.435 e. The van der Waals surface area contributed by atoms with Crippen LogP contribution in [-0.2, 0) is 6.18 Å². The number of aromatic nitrogens is 2. The molecule has 0 spiro atoms. The average molecular weight is 445 g/mol. The molecule has 3 rings (SSSR count). The van der Waals surface area contributed by atoms with Gasteiger partial charge in [-0.3, -0.25) is 4.79 Å². The van der Waals surface area contributed by atoms with Crippen molar-refractivity contribution in [2.24, 2.45) is 0 Å². The highest BCUT2D eigenvalue weighted by atomic mass is 19.4. The molecule has 1 aromatic carbocycles. The molecule has 1 aliphatic heterocycles. The highest BCUT2D eigenvalue weighted by Crippen LogP contribution is 2.30. The number of carbonyl (C=O) groups excluding carboxylic acids is 1. The first kappa shape index (κ1) is 22.7. The highest BCUT2D eigenvalue weighted by Gasteiger charge is 2.47. The van der Waals surface area contributed by atoms with Crippen molar-refractivity contribution in [1.29, 1.82) is 0 Å². The van der Waals surface area contributed by atoms with E-state index in [2.05, 4.69) is 20.0 Å². The molecule has 2 heterocycles. The van der Waals surface area contributed by atoms with Crippen molar-refractivity contribution < 1.29 is 41.3 Å². The number of alkyl halides is 3. The maximum atomic E-state index is 14.4. The van der Waals surface area contributed by atoms with Gasteiger partial charge in [0.25, 0.3) is 5.91 Å². The average Bonchev–Trinajstić information content (AvgIpc) is 3.29. The molecule has 2 amide bonds. The summed E-state index contributed by atoms with van der Waals surface area (Å²) in [4.78, 5) is 27.4. The summed E-state index contributed by atoms with van der Waals surface area (Å²) in [5, 5.41) is 15.5. The molecule has 31 heavy (non-hydrogen) atoms. The van der Waals surface area contributed by atoms with Gasteiger partial charge in [0.2, 0.25) is 5.82 Å². The van der Waals surface area contributed by atoms with Crippen molar-refractivity contribution in [3.05, 3.63) is 35.5 Å². The predicted octanol–water partition coefficient (Wildman–Crippen LogP) is 3.69. The van der Waals surface area contributed by atoms with Gasteiger partial charge >= 0.3 is 18.2 Å². The molecule has 0 radical (unpaired) electrons. The Morgan fingerprint density at radius 2 is 2.10 bits per heavy atom. The van der Waals surface area contributed by atoms with Crippen LogP contribution in [0.5, 0.6) is 0 Å². The lowest BCUT2D eigenvalue weighted by Gasteiger charge is -2.34. The molecule has 1 aromatic heterocycles. The number of likely N-dealkylation sites (tertiary alicyclic amines) is 1. The SMILES string of the molecule is C[C@H](C[N+]1(C(=O)O)CCC[C@@H]1C)NC(=O)c1ccc(-c2noc(C(F)(F)F)n2)c(F)c1. The summed E-state index contributed by atoms with van der Waals surface area (Å²) < 4.78 is 56.1. The van der Waals surface area contributed by atoms with E-state index in [0.717, 1.165) is 25.0 Å². The Labute approximate surface area is 174 Å². The number of rotatable bonds is 5. The van der Waals surface area contributed by atoms with Crippen LogP contribution < -0.4 is 5.32 Å². The van der Waals surface area contributed by atoms with Gasteiger partial charge in [0.1, 0.15) is 12.4 Å². The lowest BCUT2D eigenvalue weighted by molar-refractivity contribution is -0.868. The van der Waals surface area contributed by atoms with Crippen molar-refractivity contribution in [3.63, 3.8) is 0 Å². The van der Waals surface area contributed by atoms with Crippen molar-refractivity contribution in [2.45, 2.75) is 44.9 Å². The van der Waals surface area contributed by atoms with Crippen LogP contribution in [0.15, 0.2) is 22.7 Å². The molecular weight excluding hydrogens is 424 g/mol. The number of hydrogen-bond acceptors (Lipinski definition) is 5. The lowest BCUT2D eigenvalue weighted by atomic mass is 10.1. The van der Waals surface area contributed by atoms with E-state index >= 15 is 0 Å².